The SMILES string of the molecule is COc1ccc2c(c1)CN(c1cccc(C(=O)Nc3cnccc3N3CCNCC3)n1)C2=O. The van der Waals surface area contributed by atoms with Crippen LogP contribution in [0.15, 0.2) is 54.9 Å². The summed E-state index contributed by atoms with van der Waals surface area (Å²) in [4.78, 5) is 38.4. The van der Waals surface area contributed by atoms with Crippen LogP contribution in [0.4, 0.5) is 17.2 Å². The summed E-state index contributed by atoms with van der Waals surface area (Å²) in [6, 6.07) is 12.4. The molecule has 0 aliphatic carbocycles. The van der Waals surface area contributed by atoms with E-state index >= 15 is 0 Å². The minimum absolute atomic E-state index is 0.147. The Morgan fingerprint density at radius 2 is 2.00 bits per heavy atom. The van der Waals surface area contributed by atoms with Gasteiger partial charge in [0.2, 0.25) is 0 Å². The molecule has 1 fully saturated rings. The molecule has 0 spiro atoms. The summed E-state index contributed by atoms with van der Waals surface area (Å²) in [5.41, 5.74) is 3.27. The average molecular weight is 444 g/mol. The molecule has 2 aromatic heterocycles. The van der Waals surface area contributed by atoms with Gasteiger partial charge in [0.15, 0.2) is 0 Å². The maximum atomic E-state index is 13.0. The molecule has 9 heteroatoms. The minimum Gasteiger partial charge on any atom is -0.497 e. The zero-order valence-corrected chi connectivity index (χ0v) is 18.2. The van der Waals surface area contributed by atoms with Gasteiger partial charge < -0.3 is 20.3 Å². The van der Waals surface area contributed by atoms with Crippen molar-refractivity contribution in [1.82, 2.24) is 15.3 Å². The highest BCUT2D eigenvalue weighted by Crippen LogP contribution is 2.30. The van der Waals surface area contributed by atoms with Crippen molar-refractivity contribution in [1.29, 1.82) is 0 Å². The molecule has 9 nitrogen and oxygen atoms in total. The van der Waals surface area contributed by atoms with Crippen LogP contribution < -0.4 is 25.2 Å². The van der Waals surface area contributed by atoms with Crippen molar-refractivity contribution in [2.75, 3.05) is 48.4 Å². The van der Waals surface area contributed by atoms with Crippen LogP contribution in [0, 0.1) is 0 Å². The predicted molar refractivity (Wildman–Crippen MR) is 125 cm³/mol. The van der Waals surface area contributed by atoms with Gasteiger partial charge in [-0.2, -0.15) is 0 Å². The van der Waals surface area contributed by atoms with E-state index in [1.807, 2.05) is 12.1 Å². The smallest absolute Gasteiger partial charge is 0.274 e. The number of carbonyl (C=O) groups is 2. The van der Waals surface area contributed by atoms with Crippen LogP contribution in [-0.4, -0.2) is 55.1 Å². The Balaban J connectivity index is 1.36. The van der Waals surface area contributed by atoms with Gasteiger partial charge in [0.05, 0.1) is 31.2 Å². The van der Waals surface area contributed by atoms with Crippen molar-refractivity contribution in [3.05, 3.63) is 71.7 Å². The molecule has 2 N–H and O–H groups in total. The number of methoxy groups -OCH3 is 1. The van der Waals surface area contributed by atoms with Crippen molar-refractivity contribution < 1.29 is 14.3 Å². The standard InChI is InChI=1S/C24H24N6O3/c1-33-17-5-6-18-16(13-17)15-30(24(18)32)22-4-2-3-19(27-22)23(31)28-20-14-26-8-7-21(20)29-11-9-25-10-12-29/h2-8,13-14,25H,9-12,15H2,1H3,(H,28,31). The number of ether oxygens (including phenoxy) is 1. The van der Waals surface area contributed by atoms with E-state index in [2.05, 4.69) is 25.5 Å². The molecule has 0 atom stereocenters. The van der Waals surface area contributed by atoms with E-state index in [1.165, 1.54) is 0 Å². The Labute approximate surface area is 191 Å². The Morgan fingerprint density at radius 3 is 2.82 bits per heavy atom. The summed E-state index contributed by atoms with van der Waals surface area (Å²) in [6.07, 6.45) is 3.37. The topological polar surface area (TPSA) is 99.7 Å². The lowest BCUT2D eigenvalue weighted by molar-refractivity contribution is 0.0990. The molecule has 2 amide bonds. The number of rotatable bonds is 5. The van der Waals surface area contributed by atoms with E-state index in [4.69, 9.17) is 4.74 Å². The second-order valence-corrected chi connectivity index (χ2v) is 7.88. The Morgan fingerprint density at radius 1 is 1.15 bits per heavy atom. The summed E-state index contributed by atoms with van der Waals surface area (Å²) in [6.45, 7) is 3.85. The van der Waals surface area contributed by atoms with Gasteiger partial charge in [-0.15, -0.1) is 0 Å². The lowest BCUT2D eigenvalue weighted by Gasteiger charge is -2.30. The van der Waals surface area contributed by atoms with Crippen molar-refractivity contribution in [2.45, 2.75) is 6.54 Å². The molecule has 2 aliphatic heterocycles. The number of hydrogen-bond donors (Lipinski definition) is 2. The number of amides is 2. The monoisotopic (exact) mass is 444 g/mol. The second kappa shape index (κ2) is 8.87. The van der Waals surface area contributed by atoms with E-state index in [-0.39, 0.29) is 17.5 Å². The fourth-order valence-electron chi connectivity index (χ4n) is 4.16. The molecule has 5 rings (SSSR count). The molecule has 1 saturated heterocycles. The summed E-state index contributed by atoms with van der Waals surface area (Å²) >= 11 is 0. The number of piperazine rings is 1. The number of benzene rings is 1. The van der Waals surface area contributed by atoms with Gasteiger partial charge in [-0.25, -0.2) is 4.98 Å². The molecule has 2 aliphatic rings. The number of anilines is 3. The maximum absolute atomic E-state index is 13.0. The van der Waals surface area contributed by atoms with E-state index in [0.717, 1.165) is 37.4 Å². The molecule has 4 heterocycles. The maximum Gasteiger partial charge on any atom is 0.274 e. The quantitative estimate of drug-likeness (QED) is 0.623. The first-order chi connectivity index (χ1) is 16.1. The molecule has 168 valence electrons. The number of carbonyl (C=O) groups excluding carboxylic acids is 2. The van der Waals surface area contributed by atoms with Gasteiger partial charge in [-0.3, -0.25) is 19.5 Å². The van der Waals surface area contributed by atoms with Crippen LogP contribution in [0.5, 0.6) is 5.75 Å². The summed E-state index contributed by atoms with van der Waals surface area (Å²) < 4.78 is 5.27. The predicted octanol–water partition coefficient (Wildman–Crippen LogP) is 2.31. The molecule has 1 aromatic carbocycles. The van der Waals surface area contributed by atoms with Gasteiger partial charge in [0, 0.05) is 37.9 Å². The number of pyridine rings is 2. The highest BCUT2D eigenvalue weighted by molar-refractivity contribution is 6.10. The van der Waals surface area contributed by atoms with Crippen LogP contribution in [0.25, 0.3) is 0 Å². The van der Waals surface area contributed by atoms with Crippen LogP contribution in [-0.2, 0) is 6.54 Å². The normalized spacial score (nSPS) is 15.4. The average Bonchev–Trinajstić information content (AvgIpc) is 3.20. The third-order valence-electron chi connectivity index (χ3n) is 5.86. The van der Waals surface area contributed by atoms with Gasteiger partial charge in [-0.1, -0.05) is 6.07 Å². The second-order valence-electron chi connectivity index (χ2n) is 7.88. The van der Waals surface area contributed by atoms with Crippen LogP contribution in [0.2, 0.25) is 0 Å². The Kier molecular flexibility index (Phi) is 5.62. The molecule has 0 saturated carbocycles. The van der Waals surface area contributed by atoms with Gasteiger partial charge in [0.25, 0.3) is 11.8 Å². The highest BCUT2D eigenvalue weighted by Gasteiger charge is 2.30. The van der Waals surface area contributed by atoms with Gasteiger partial charge >= 0.3 is 0 Å². The first kappa shape index (κ1) is 20.9. The minimum atomic E-state index is -0.355. The Hall–Kier alpha value is -3.98. The van der Waals surface area contributed by atoms with Crippen LogP contribution >= 0.6 is 0 Å². The largest absolute Gasteiger partial charge is 0.497 e. The zero-order valence-electron chi connectivity index (χ0n) is 18.2. The zero-order chi connectivity index (χ0) is 22.8. The number of hydrogen-bond acceptors (Lipinski definition) is 7. The number of nitrogens with one attached hydrogen (secondary N) is 2. The van der Waals surface area contributed by atoms with Crippen molar-refractivity contribution in [3.63, 3.8) is 0 Å². The van der Waals surface area contributed by atoms with Gasteiger partial charge in [0.1, 0.15) is 17.3 Å². The molecule has 0 radical (unpaired) electrons. The summed E-state index contributed by atoms with van der Waals surface area (Å²) in [5, 5.41) is 6.27. The van der Waals surface area contributed by atoms with Crippen LogP contribution in [0.1, 0.15) is 26.4 Å². The number of nitrogens with zero attached hydrogens (tertiary/aromatic N) is 4. The van der Waals surface area contributed by atoms with Crippen molar-refractivity contribution >= 4 is 29.0 Å². The van der Waals surface area contributed by atoms with Crippen LogP contribution in [0.3, 0.4) is 0 Å². The first-order valence-corrected chi connectivity index (χ1v) is 10.8. The summed E-state index contributed by atoms with van der Waals surface area (Å²) in [5.74, 6) is 0.621. The molecule has 0 unspecified atom stereocenters. The molecule has 33 heavy (non-hydrogen) atoms. The fraction of sp³-hybridized carbons (Fsp3) is 0.250. The van der Waals surface area contributed by atoms with E-state index in [0.29, 0.717) is 29.4 Å². The summed E-state index contributed by atoms with van der Waals surface area (Å²) in [7, 11) is 1.59. The number of fused-ring (bicyclic) bond motifs is 1. The third kappa shape index (κ3) is 4.10. The molecule has 3 aromatic rings. The van der Waals surface area contributed by atoms with E-state index in [1.54, 1.807) is 54.7 Å². The van der Waals surface area contributed by atoms with Gasteiger partial charge in [-0.05, 0) is 42.0 Å². The molecular formula is C24H24N6O3. The fourth-order valence-corrected chi connectivity index (χ4v) is 4.16. The lowest BCUT2D eigenvalue weighted by Crippen LogP contribution is -2.43. The first-order valence-electron chi connectivity index (χ1n) is 10.8. The number of aromatic nitrogens is 2. The highest BCUT2D eigenvalue weighted by atomic mass is 16.5. The third-order valence-corrected chi connectivity index (χ3v) is 5.86. The van der Waals surface area contributed by atoms with E-state index < -0.39 is 0 Å². The van der Waals surface area contributed by atoms with Crippen molar-refractivity contribution in [3.8, 4) is 5.75 Å². The Bertz CT molecular complexity index is 1210. The lowest BCUT2D eigenvalue weighted by atomic mass is 10.1. The molecule has 0 bridgehead atoms. The molecular weight excluding hydrogens is 420 g/mol. The van der Waals surface area contributed by atoms with Crippen molar-refractivity contribution in [2.24, 2.45) is 0 Å². The van der Waals surface area contributed by atoms with E-state index in [9.17, 15) is 9.59 Å².